The Bertz CT molecular complexity index is 622. The molecule has 2 atom stereocenters. The second-order valence-electron chi connectivity index (χ2n) is 4.91. The predicted molar refractivity (Wildman–Crippen MR) is 72.7 cm³/mol. The van der Waals surface area contributed by atoms with Crippen molar-refractivity contribution in [1.82, 2.24) is 5.32 Å². The van der Waals surface area contributed by atoms with Crippen LogP contribution >= 0.6 is 0 Å². The minimum Gasteiger partial charge on any atom is -0.303 e. The van der Waals surface area contributed by atoms with Gasteiger partial charge in [0.25, 0.3) is 0 Å². The van der Waals surface area contributed by atoms with E-state index < -0.39 is 35.4 Å². The molecule has 0 spiro atoms. The number of hydrogen-bond acceptors (Lipinski definition) is 1. The van der Waals surface area contributed by atoms with Crippen molar-refractivity contribution < 1.29 is 17.6 Å². The Labute approximate surface area is 120 Å². The van der Waals surface area contributed by atoms with Gasteiger partial charge in [-0.2, -0.15) is 0 Å². The van der Waals surface area contributed by atoms with Crippen molar-refractivity contribution >= 4 is 0 Å². The molecule has 0 aromatic heterocycles. The summed E-state index contributed by atoms with van der Waals surface area (Å²) in [6, 6.07) is 5.66. The number of benzene rings is 2. The van der Waals surface area contributed by atoms with E-state index in [1.165, 1.54) is 24.3 Å². The zero-order valence-electron chi connectivity index (χ0n) is 11.6. The molecule has 21 heavy (non-hydrogen) atoms. The maximum atomic E-state index is 13.7. The Morgan fingerprint density at radius 1 is 0.810 bits per heavy atom. The minimum absolute atomic E-state index is 0.105. The standard InChI is InChI=1S/C16H15F4N/c1-9(12-7-6-11(17)8-15(12)20)21-10(2)16-13(18)4-3-5-14(16)19/h3-10,21H,1-2H3. The lowest BCUT2D eigenvalue weighted by molar-refractivity contribution is 0.438. The lowest BCUT2D eigenvalue weighted by Gasteiger charge is -2.22. The summed E-state index contributed by atoms with van der Waals surface area (Å²) < 4.78 is 53.9. The zero-order valence-corrected chi connectivity index (χ0v) is 11.6. The lowest BCUT2D eigenvalue weighted by Crippen LogP contribution is -2.25. The fourth-order valence-corrected chi connectivity index (χ4v) is 2.33. The molecule has 112 valence electrons. The molecule has 0 radical (unpaired) electrons. The Hall–Kier alpha value is -1.88. The van der Waals surface area contributed by atoms with Crippen LogP contribution in [0, 0.1) is 23.3 Å². The van der Waals surface area contributed by atoms with Gasteiger partial charge >= 0.3 is 0 Å². The molecule has 2 rings (SSSR count). The average molecular weight is 297 g/mol. The van der Waals surface area contributed by atoms with Gasteiger partial charge in [-0.25, -0.2) is 17.6 Å². The van der Waals surface area contributed by atoms with E-state index in [1.807, 2.05) is 0 Å². The Morgan fingerprint density at radius 2 is 1.43 bits per heavy atom. The molecule has 0 aliphatic heterocycles. The number of rotatable bonds is 4. The summed E-state index contributed by atoms with van der Waals surface area (Å²) >= 11 is 0. The number of nitrogens with one attached hydrogen (secondary N) is 1. The first-order chi connectivity index (χ1) is 9.90. The molecule has 0 fully saturated rings. The van der Waals surface area contributed by atoms with E-state index in [0.29, 0.717) is 0 Å². The molecule has 0 saturated carbocycles. The monoisotopic (exact) mass is 297 g/mol. The molecule has 1 N–H and O–H groups in total. The van der Waals surface area contributed by atoms with E-state index in [2.05, 4.69) is 5.32 Å². The van der Waals surface area contributed by atoms with Gasteiger partial charge in [0, 0.05) is 29.3 Å². The van der Waals surface area contributed by atoms with Crippen molar-refractivity contribution in [2.45, 2.75) is 25.9 Å². The Morgan fingerprint density at radius 3 is 2.00 bits per heavy atom. The molecule has 0 saturated heterocycles. The van der Waals surface area contributed by atoms with Crippen LogP contribution in [0.3, 0.4) is 0 Å². The third-order valence-corrected chi connectivity index (χ3v) is 3.36. The van der Waals surface area contributed by atoms with Gasteiger partial charge in [0.2, 0.25) is 0 Å². The van der Waals surface area contributed by atoms with Gasteiger partial charge in [0.15, 0.2) is 0 Å². The van der Waals surface area contributed by atoms with Gasteiger partial charge in [0.1, 0.15) is 23.3 Å². The third kappa shape index (κ3) is 3.42. The van der Waals surface area contributed by atoms with Crippen molar-refractivity contribution in [3.63, 3.8) is 0 Å². The van der Waals surface area contributed by atoms with Crippen molar-refractivity contribution in [3.05, 3.63) is 70.8 Å². The van der Waals surface area contributed by atoms with Crippen molar-refractivity contribution in [1.29, 1.82) is 0 Å². The van der Waals surface area contributed by atoms with Crippen LogP contribution in [-0.2, 0) is 0 Å². The summed E-state index contributed by atoms with van der Waals surface area (Å²) in [5, 5.41) is 2.91. The largest absolute Gasteiger partial charge is 0.303 e. The summed E-state index contributed by atoms with van der Waals surface area (Å²) in [7, 11) is 0. The topological polar surface area (TPSA) is 12.0 Å². The van der Waals surface area contributed by atoms with E-state index >= 15 is 0 Å². The molecule has 2 aromatic rings. The highest BCUT2D eigenvalue weighted by Gasteiger charge is 2.19. The van der Waals surface area contributed by atoms with Gasteiger partial charge in [0.05, 0.1) is 0 Å². The lowest BCUT2D eigenvalue weighted by atomic mass is 10.0. The van der Waals surface area contributed by atoms with E-state index in [1.54, 1.807) is 13.8 Å². The maximum Gasteiger partial charge on any atom is 0.130 e. The highest BCUT2D eigenvalue weighted by Crippen LogP contribution is 2.25. The normalized spacial score (nSPS) is 14.0. The molecule has 0 amide bonds. The first-order valence-electron chi connectivity index (χ1n) is 6.55. The molecular formula is C16H15F4N. The van der Waals surface area contributed by atoms with Crippen LogP contribution in [0.25, 0.3) is 0 Å². The van der Waals surface area contributed by atoms with Crippen molar-refractivity contribution in [2.24, 2.45) is 0 Å². The molecule has 2 aromatic carbocycles. The molecule has 2 unspecified atom stereocenters. The first-order valence-corrected chi connectivity index (χ1v) is 6.55. The van der Waals surface area contributed by atoms with Crippen LogP contribution in [0.1, 0.15) is 37.1 Å². The summed E-state index contributed by atoms with van der Waals surface area (Å²) in [4.78, 5) is 0. The van der Waals surface area contributed by atoms with E-state index in [4.69, 9.17) is 0 Å². The van der Waals surface area contributed by atoms with Crippen LogP contribution in [0.4, 0.5) is 17.6 Å². The van der Waals surface area contributed by atoms with E-state index in [-0.39, 0.29) is 11.1 Å². The van der Waals surface area contributed by atoms with Gasteiger partial charge < -0.3 is 5.32 Å². The summed E-state index contributed by atoms with van der Waals surface area (Å²) in [5.41, 5.74) is 0.131. The summed E-state index contributed by atoms with van der Waals surface area (Å²) in [6.45, 7) is 3.23. The molecule has 0 bridgehead atoms. The highest BCUT2D eigenvalue weighted by atomic mass is 19.1. The highest BCUT2D eigenvalue weighted by molar-refractivity contribution is 5.25. The number of halogens is 4. The van der Waals surface area contributed by atoms with Crippen molar-refractivity contribution in [3.8, 4) is 0 Å². The van der Waals surface area contributed by atoms with Gasteiger partial charge in [-0.05, 0) is 32.0 Å². The quantitative estimate of drug-likeness (QED) is 0.810. The summed E-state index contributed by atoms with van der Waals surface area (Å²) in [6.07, 6.45) is 0. The minimum atomic E-state index is -0.698. The molecule has 0 aliphatic rings. The number of hydrogen-bond donors (Lipinski definition) is 1. The van der Waals surface area contributed by atoms with Gasteiger partial charge in [-0.1, -0.05) is 12.1 Å². The van der Waals surface area contributed by atoms with E-state index in [9.17, 15) is 17.6 Å². The van der Waals surface area contributed by atoms with E-state index in [0.717, 1.165) is 12.1 Å². The van der Waals surface area contributed by atoms with Crippen LogP contribution < -0.4 is 5.32 Å². The molecule has 1 nitrogen and oxygen atoms in total. The maximum absolute atomic E-state index is 13.7. The fraction of sp³-hybridized carbons (Fsp3) is 0.250. The molecule has 0 heterocycles. The second kappa shape index (κ2) is 6.26. The van der Waals surface area contributed by atoms with Gasteiger partial charge in [-0.3, -0.25) is 0 Å². The third-order valence-electron chi connectivity index (χ3n) is 3.36. The molecule has 5 heteroatoms. The predicted octanol–water partition coefficient (Wildman–Crippen LogP) is 4.65. The molecular weight excluding hydrogens is 282 g/mol. The van der Waals surface area contributed by atoms with Gasteiger partial charge in [-0.15, -0.1) is 0 Å². The smallest absolute Gasteiger partial charge is 0.130 e. The Kier molecular flexibility index (Phi) is 4.63. The fourth-order valence-electron chi connectivity index (χ4n) is 2.33. The second-order valence-corrected chi connectivity index (χ2v) is 4.91. The van der Waals surface area contributed by atoms with Crippen LogP contribution in [-0.4, -0.2) is 0 Å². The Balaban J connectivity index is 2.21. The summed E-state index contributed by atoms with van der Waals surface area (Å²) in [5.74, 6) is -2.70. The first kappa shape index (κ1) is 15.5. The molecule has 0 aliphatic carbocycles. The van der Waals surface area contributed by atoms with Crippen molar-refractivity contribution in [2.75, 3.05) is 0 Å². The van der Waals surface area contributed by atoms with Crippen LogP contribution in [0.2, 0.25) is 0 Å². The van der Waals surface area contributed by atoms with Crippen LogP contribution in [0.15, 0.2) is 36.4 Å². The van der Waals surface area contributed by atoms with Crippen LogP contribution in [0.5, 0.6) is 0 Å². The average Bonchev–Trinajstić information content (AvgIpc) is 2.37. The SMILES string of the molecule is CC(NC(C)c1c(F)cccc1F)c1ccc(F)cc1F. The zero-order chi connectivity index (χ0) is 15.6.